The van der Waals surface area contributed by atoms with Crippen LogP contribution in [0.2, 0.25) is 0 Å². The fraction of sp³-hybridized carbons (Fsp3) is 0.273. The van der Waals surface area contributed by atoms with Gasteiger partial charge < -0.3 is 0 Å². The van der Waals surface area contributed by atoms with E-state index in [0.29, 0.717) is 6.42 Å². The van der Waals surface area contributed by atoms with Gasteiger partial charge in [-0.3, -0.25) is 14.9 Å². The van der Waals surface area contributed by atoms with Crippen LogP contribution in [-0.4, -0.2) is 11.8 Å². The molecular weight excluding hydrogens is 197 g/mol. The van der Waals surface area contributed by atoms with Gasteiger partial charge in [0.05, 0.1) is 5.92 Å². The smallest absolute Gasteiger partial charge is 0.230 e. The Bertz CT molecular complexity index is 400. The monoisotopic (exact) mass is 207 g/mol. The van der Waals surface area contributed by atoms with Gasteiger partial charge in [-0.15, -0.1) is 0 Å². The molecule has 1 aliphatic heterocycles. The Morgan fingerprint density at radius 3 is 2.47 bits per heavy atom. The Balaban J connectivity index is 2.06. The third-order valence-electron chi connectivity index (χ3n) is 2.46. The van der Waals surface area contributed by atoms with E-state index in [2.05, 4.69) is 5.32 Å². The first-order valence-corrected chi connectivity index (χ1v) is 4.73. The topological polar surface area (TPSA) is 46.2 Å². The van der Waals surface area contributed by atoms with Crippen molar-refractivity contribution < 1.29 is 14.0 Å². The zero-order valence-electron chi connectivity index (χ0n) is 8.00. The molecule has 2 amide bonds. The van der Waals surface area contributed by atoms with Crippen LogP contribution in [0.3, 0.4) is 0 Å². The van der Waals surface area contributed by atoms with Gasteiger partial charge in [0, 0.05) is 6.42 Å². The van der Waals surface area contributed by atoms with E-state index in [1.807, 2.05) is 0 Å². The second-order valence-electron chi connectivity index (χ2n) is 3.64. The summed E-state index contributed by atoms with van der Waals surface area (Å²) in [4.78, 5) is 22.2. The van der Waals surface area contributed by atoms with Gasteiger partial charge in [0.25, 0.3) is 0 Å². The molecule has 15 heavy (non-hydrogen) atoms. The van der Waals surface area contributed by atoms with Crippen LogP contribution in [0.5, 0.6) is 0 Å². The molecule has 0 aliphatic carbocycles. The van der Waals surface area contributed by atoms with Crippen LogP contribution >= 0.6 is 0 Å². The molecule has 78 valence electrons. The van der Waals surface area contributed by atoms with Crippen molar-refractivity contribution >= 4 is 11.8 Å². The van der Waals surface area contributed by atoms with E-state index >= 15 is 0 Å². The molecule has 1 atom stereocenters. The minimum absolute atomic E-state index is 0.230. The summed E-state index contributed by atoms with van der Waals surface area (Å²) in [7, 11) is 0. The lowest BCUT2D eigenvalue weighted by molar-refractivity contribution is -0.125. The standard InChI is InChI=1S/C11H10FNO2/c12-9-3-1-7(2-4-9)5-8-6-10(14)13-11(8)15/h1-4,8H,5-6H2,(H,13,14,15)/t8-/m1/s1. The Hall–Kier alpha value is -1.71. The summed E-state index contributed by atoms with van der Waals surface area (Å²) in [5, 5.41) is 2.25. The fourth-order valence-corrected chi connectivity index (χ4v) is 1.68. The number of carbonyl (C=O) groups is 2. The molecule has 0 spiro atoms. The first-order valence-electron chi connectivity index (χ1n) is 4.73. The molecule has 1 aromatic carbocycles. The molecule has 1 N–H and O–H groups in total. The number of hydrogen-bond donors (Lipinski definition) is 1. The van der Waals surface area contributed by atoms with Crippen molar-refractivity contribution in [3.8, 4) is 0 Å². The number of halogens is 1. The lowest BCUT2D eigenvalue weighted by atomic mass is 9.98. The van der Waals surface area contributed by atoms with Gasteiger partial charge in [-0.05, 0) is 24.1 Å². The van der Waals surface area contributed by atoms with Crippen LogP contribution in [0.1, 0.15) is 12.0 Å². The van der Waals surface area contributed by atoms with E-state index in [4.69, 9.17) is 0 Å². The van der Waals surface area contributed by atoms with Crippen molar-refractivity contribution in [2.75, 3.05) is 0 Å². The van der Waals surface area contributed by atoms with Gasteiger partial charge in [0.2, 0.25) is 11.8 Å². The maximum Gasteiger partial charge on any atom is 0.230 e. The van der Waals surface area contributed by atoms with Crippen LogP contribution in [0, 0.1) is 11.7 Å². The van der Waals surface area contributed by atoms with E-state index in [0.717, 1.165) is 5.56 Å². The van der Waals surface area contributed by atoms with Crippen LogP contribution in [0.4, 0.5) is 4.39 Å². The van der Waals surface area contributed by atoms with Crippen molar-refractivity contribution in [2.45, 2.75) is 12.8 Å². The van der Waals surface area contributed by atoms with E-state index in [1.165, 1.54) is 12.1 Å². The Morgan fingerprint density at radius 1 is 1.27 bits per heavy atom. The largest absolute Gasteiger partial charge is 0.296 e. The maximum absolute atomic E-state index is 12.6. The third kappa shape index (κ3) is 2.21. The van der Waals surface area contributed by atoms with Crippen molar-refractivity contribution in [1.29, 1.82) is 0 Å². The molecule has 0 unspecified atom stereocenters. The van der Waals surface area contributed by atoms with Crippen molar-refractivity contribution in [1.82, 2.24) is 5.32 Å². The summed E-state index contributed by atoms with van der Waals surface area (Å²) in [5.74, 6) is -1.06. The lowest BCUT2D eigenvalue weighted by Crippen LogP contribution is -2.22. The lowest BCUT2D eigenvalue weighted by Gasteiger charge is -2.05. The molecule has 1 heterocycles. The van der Waals surface area contributed by atoms with Crippen LogP contribution in [0.15, 0.2) is 24.3 Å². The average Bonchev–Trinajstić information content (AvgIpc) is 2.49. The number of hydrogen-bond acceptors (Lipinski definition) is 2. The predicted molar refractivity (Wildman–Crippen MR) is 51.4 cm³/mol. The maximum atomic E-state index is 12.6. The number of imide groups is 1. The summed E-state index contributed by atoms with van der Waals surface area (Å²) in [6.45, 7) is 0. The summed E-state index contributed by atoms with van der Waals surface area (Å²) >= 11 is 0. The molecule has 1 saturated heterocycles. The molecule has 0 bridgehead atoms. The minimum Gasteiger partial charge on any atom is -0.296 e. The highest BCUT2D eigenvalue weighted by Crippen LogP contribution is 2.17. The zero-order chi connectivity index (χ0) is 10.8. The van der Waals surface area contributed by atoms with Gasteiger partial charge in [-0.1, -0.05) is 12.1 Å². The van der Waals surface area contributed by atoms with Crippen molar-refractivity contribution in [3.63, 3.8) is 0 Å². The van der Waals surface area contributed by atoms with E-state index in [-0.39, 0.29) is 30.0 Å². The SMILES string of the molecule is O=C1C[C@@H](Cc2ccc(F)cc2)C(=O)N1. The number of carbonyl (C=O) groups excluding carboxylic acids is 2. The van der Waals surface area contributed by atoms with Gasteiger partial charge in [0.15, 0.2) is 0 Å². The van der Waals surface area contributed by atoms with Gasteiger partial charge in [0.1, 0.15) is 5.82 Å². The molecule has 1 fully saturated rings. The number of rotatable bonds is 2. The molecule has 3 nitrogen and oxygen atoms in total. The molecular formula is C11H10FNO2. The molecule has 0 aromatic heterocycles. The fourth-order valence-electron chi connectivity index (χ4n) is 1.68. The summed E-state index contributed by atoms with van der Waals surface area (Å²) < 4.78 is 12.6. The van der Waals surface area contributed by atoms with Gasteiger partial charge in [-0.2, -0.15) is 0 Å². The number of benzene rings is 1. The normalized spacial score (nSPS) is 20.5. The number of amides is 2. The third-order valence-corrected chi connectivity index (χ3v) is 2.46. The second-order valence-corrected chi connectivity index (χ2v) is 3.64. The minimum atomic E-state index is -0.303. The molecule has 0 radical (unpaired) electrons. The zero-order valence-corrected chi connectivity index (χ0v) is 8.00. The molecule has 1 aliphatic rings. The van der Waals surface area contributed by atoms with Gasteiger partial charge >= 0.3 is 0 Å². The first kappa shape index (κ1) is 9.83. The number of nitrogens with one attached hydrogen (secondary N) is 1. The molecule has 2 rings (SSSR count). The highest BCUT2D eigenvalue weighted by Gasteiger charge is 2.30. The van der Waals surface area contributed by atoms with E-state index in [1.54, 1.807) is 12.1 Å². The highest BCUT2D eigenvalue weighted by atomic mass is 19.1. The highest BCUT2D eigenvalue weighted by molar-refractivity contribution is 6.03. The Morgan fingerprint density at radius 2 is 1.93 bits per heavy atom. The second kappa shape index (κ2) is 3.81. The average molecular weight is 207 g/mol. The summed E-state index contributed by atoms with van der Waals surface area (Å²) in [6, 6.07) is 5.96. The summed E-state index contributed by atoms with van der Waals surface area (Å²) in [5.41, 5.74) is 0.867. The van der Waals surface area contributed by atoms with Crippen LogP contribution < -0.4 is 5.32 Å². The molecule has 4 heteroatoms. The predicted octanol–water partition coefficient (Wildman–Crippen LogP) is 1.03. The van der Waals surface area contributed by atoms with E-state index < -0.39 is 0 Å². The van der Waals surface area contributed by atoms with Crippen LogP contribution in [-0.2, 0) is 16.0 Å². The summed E-state index contributed by atoms with van der Waals surface area (Å²) in [6.07, 6.45) is 0.716. The van der Waals surface area contributed by atoms with Crippen LogP contribution in [0.25, 0.3) is 0 Å². The quantitative estimate of drug-likeness (QED) is 0.736. The van der Waals surface area contributed by atoms with E-state index in [9.17, 15) is 14.0 Å². The molecule has 0 saturated carbocycles. The first-order chi connectivity index (χ1) is 7.15. The Labute approximate surface area is 86.3 Å². The van der Waals surface area contributed by atoms with Gasteiger partial charge in [-0.25, -0.2) is 4.39 Å². The van der Waals surface area contributed by atoms with Crippen molar-refractivity contribution in [2.24, 2.45) is 5.92 Å². The van der Waals surface area contributed by atoms with Crippen molar-refractivity contribution in [3.05, 3.63) is 35.6 Å². The Kier molecular flexibility index (Phi) is 2.49. The molecule has 1 aromatic rings.